The summed E-state index contributed by atoms with van der Waals surface area (Å²) in [6, 6.07) is 17.1. The smallest absolute Gasteiger partial charge is 0.261 e. The Morgan fingerprint density at radius 1 is 0.810 bits per heavy atom. The third kappa shape index (κ3) is 3.87. The van der Waals surface area contributed by atoms with Gasteiger partial charge in [-0.05, 0) is 105 Å². The minimum atomic E-state index is -0.996. The van der Waals surface area contributed by atoms with E-state index in [1.165, 1.54) is 4.90 Å². The molecule has 4 fully saturated rings. The van der Waals surface area contributed by atoms with Crippen molar-refractivity contribution < 1.29 is 24.5 Å². The third-order valence-electron chi connectivity index (χ3n) is 13.0. The summed E-state index contributed by atoms with van der Waals surface area (Å²) < 4.78 is 6.37. The number of rotatable bonds is 6. The molecule has 0 spiro atoms. The van der Waals surface area contributed by atoms with Gasteiger partial charge in [-0.3, -0.25) is 14.5 Å². The molecule has 3 unspecified atom stereocenters. The van der Waals surface area contributed by atoms with Gasteiger partial charge in [-0.15, -0.1) is 0 Å². The highest BCUT2D eigenvalue weighted by atomic mass is 16.5. The first-order valence-corrected chi connectivity index (χ1v) is 16.2. The van der Waals surface area contributed by atoms with Crippen LogP contribution in [0.5, 0.6) is 0 Å². The quantitative estimate of drug-likeness (QED) is 0.323. The van der Waals surface area contributed by atoms with E-state index in [9.17, 15) is 19.8 Å². The van der Waals surface area contributed by atoms with Crippen molar-refractivity contribution in [1.29, 1.82) is 0 Å². The molecule has 4 aliphatic carbocycles. The molecule has 4 saturated carbocycles. The molecule has 2 N–H and O–H groups in total. The van der Waals surface area contributed by atoms with Crippen LogP contribution in [0.1, 0.15) is 104 Å². The number of benzene rings is 2. The molecule has 1 heterocycles. The first-order chi connectivity index (χ1) is 20.1. The highest BCUT2D eigenvalue weighted by Gasteiger charge is 2.72. The fourth-order valence-corrected chi connectivity index (χ4v) is 10.4. The number of fused-ring (bicyclic) bond motifs is 6. The van der Waals surface area contributed by atoms with Gasteiger partial charge in [0.2, 0.25) is 0 Å². The van der Waals surface area contributed by atoms with Crippen molar-refractivity contribution in [3.05, 3.63) is 71.3 Å². The maximum Gasteiger partial charge on any atom is 0.261 e. The lowest BCUT2D eigenvalue weighted by Gasteiger charge is -2.64. The normalized spacial score (nSPS) is 40.8. The van der Waals surface area contributed by atoms with Crippen LogP contribution >= 0.6 is 0 Å². The van der Waals surface area contributed by atoms with E-state index in [0.717, 1.165) is 50.5 Å². The molecule has 2 amide bonds. The zero-order valence-corrected chi connectivity index (χ0v) is 25.1. The average molecular weight is 572 g/mol. The zero-order chi connectivity index (χ0) is 29.3. The van der Waals surface area contributed by atoms with Gasteiger partial charge in [-0.2, -0.15) is 0 Å². The SMILES string of the molecule is C[C@]12CCC(OCCCN3C(=O)c4ccccc4C3=O)CC1CC[C@@H]1[C@H]2CC[C@]2(C)C(O)(c3ccccc3)CC[C@@]12O. The van der Waals surface area contributed by atoms with Gasteiger partial charge in [0.1, 0.15) is 0 Å². The Morgan fingerprint density at radius 3 is 2.21 bits per heavy atom. The summed E-state index contributed by atoms with van der Waals surface area (Å²) in [5.74, 6) is 0.844. The summed E-state index contributed by atoms with van der Waals surface area (Å²) in [7, 11) is 0. The summed E-state index contributed by atoms with van der Waals surface area (Å²) in [6.07, 6.45) is 9.26. The Hall–Kier alpha value is -2.54. The number of ether oxygens (including phenoxy) is 1. The van der Waals surface area contributed by atoms with E-state index in [4.69, 9.17) is 4.74 Å². The van der Waals surface area contributed by atoms with Crippen molar-refractivity contribution in [3.8, 4) is 0 Å². The van der Waals surface area contributed by atoms with Crippen molar-refractivity contribution in [2.24, 2.45) is 28.6 Å². The van der Waals surface area contributed by atoms with Crippen LogP contribution < -0.4 is 0 Å². The van der Waals surface area contributed by atoms with Gasteiger partial charge < -0.3 is 14.9 Å². The van der Waals surface area contributed by atoms with Gasteiger partial charge in [0.25, 0.3) is 11.8 Å². The Balaban J connectivity index is 0.977. The lowest BCUT2D eigenvalue weighted by Crippen LogP contribution is -2.64. The third-order valence-corrected chi connectivity index (χ3v) is 13.0. The van der Waals surface area contributed by atoms with E-state index in [1.54, 1.807) is 24.3 Å². The van der Waals surface area contributed by atoms with E-state index < -0.39 is 16.6 Å². The fourth-order valence-electron chi connectivity index (χ4n) is 10.4. The van der Waals surface area contributed by atoms with E-state index in [0.29, 0.717) is 55.4 Å². The van der Waals surface area contributed by atoms with Crippen LogP contribution in [0.25, 0.3) is 0 Å². The number of nitrogens with zero attached hydrogens (tertiary/aromatic N) is 1. The minimum absolute atomic E-state index is 0.174. The number of hydrogen-bond donors (Lipinski definition) is 2. The molecule has 5 aliphatic rings. The lowest BCUT2D eigenvalue weighted by molar-refractivity contribution is -0.239. The Bertz CT molecular complexity index is 1340. The molecule has 2 aromatic carbocycles. The molecule has 7 rings (SSSR count). The number of aliphatic hydroxyl groups is 2. The molecule has 0 bridgehead atoms. The molecular formula is C36H45NO5. The summed E-state index contributed by atoms with van der Waals surface area (Å²) in [6.45, 7) is 5.56. The summed E-state index contributed by atoms with van der Waals surface area (Å²) in [4.78, 5) is 26.7. The second-order valence-corrected chi connectivity index (χ2v) is 14.4. The Labute approximate surface area is 249 Å². The van der Waals surface area contributed by atoms with Crippen LogP contribution in [-0.4, -0.2) is 51.8 Å². The van der Waals surface area contributed by atoms with Gasteiger partial charge in [0, 0.05) is 18.6 Å². The highest BCUT2D eigenvalue weighted by Crippen LogP contribution is 2.71. The Morgan fingerprint density at radius 2 is 1.50 bits per heavy atom. The number of carbonyl (C=O) groups excluding carboxylic acids is 2. The second-order valence-electron chi connectivity index (χ2n) is 14.4. The predicted molar refractivity (Wildman–Crippen MR) is 160 cm³/mol. The summed E-state index contributed by atoms with van der Waals surface area (Å²) >= 11 is 0. The predicted octanol–water partition coefficient (Wildman–Crippen LogP) is 6.10. The number of amides is 2. The summed E-state index contributed by atoms with van der Waals surface area (Å²) in [5, 5.41) is 24.6. The largest absolute Gasteiger partial charge is 0.389 e. The van der Waals surface area contributed by atoms with Crippen molar-refractivity contribution in [3.63, 3.8) is 0 Å². The molecule has 1 aliphatic heterocycles. The number of imide groups is 1. The fraction of sp³-hybridized carbons (Fsp3) is 0.611. The van der Waals surface area contributed by atoms with Crippen LogP contribution in [-0.2, 0) is 10.3 Å². The van der Waals surface area contributed by atoms with Gasteiger partial charge in [0.15, 0.2) is 0 Å². The van der Waals surface area contributed by atoms with Crippen molar-refractivity contribution in [2.75, 3.05) is 13.2 Å². The monoisotopic (exact) mass is 571 g/mol. The van der Waals surface area contributed by atoms with Crippen LogP contribution in [0.15, 0.2) is 54.6 Å². The topological polar surface area (TPSA) is 87.1 Å². The van der Waals surface area contributed by atoms with Crippen molar-refractivity contribution >= 4 is 11.8 Å². The molecule has 224 valence electrons. The van der Waals surface area contributed by atoms with E-state index in [1.807, 2.05) is 30.3 Å². The van der Waals surface area contributed by atoms with E-state index in [-0.39, 0.29) is 29.3 Å². The molecule has 2 aromatic rings. The van der Waals surface area contributed by atoms with E-state index in [2.05, 4.69) is 13.8 Å². The van der Waals surface area contributed by atoms with Gasteiger partial charge in [0.05, 0.1) is 28.4 Å². The van der Waals surface area contributed by atoms with Crippen molar-refractivity contribution in [2.45, 2.75) is 95.4 Å². The maximum absolute atomic E-state index is 12.7. The Kier molecular flexibility index (Phi) is 6.73. The molecule has 6 heteroatoms. The van der Waals surface area contributed by atoms with Crippen LogP contribution in [0.4, 0.5) is 0 Å². The number of carbonyl (C=O) groups is 2. The zero-order valence-electron chi connectivity index (χ0n) is 25.1. The van der Waals surface area contributed by atoms with Crippen LogP contribution in [0, 0.1) is 28.6 Å². The number of hydrogen-bond acceptors (Lipinski definition) is 5. The van der Waals surface area contributed by atoms with Gasteiger partial charge in [-0.1, -0.05) is 56.3 Å². The van der Waals surface area contributed by atoms with Gasteiger partial charge >= 0.3 is 0 Å². The summed E-state index contributed by atoms with van der Waals surface area (Å²) in [5.41, 5.74) is -0.279. The maximum atomic E-state index is 12.7. The van der Waals surface area contributed by atoms with Gasteiger partial charge in [-0.25, -0.2) is 0 Å². The van der Waals surface area contributed by atoms with Crippen LogP contribution in [0.2, 0.25) is 0 Å². The molecule has 0 aromatic heterocycles. The molecule has 42 heavy (non-hydrogen) atoms. The van der Waals surface area contributed by atoms with Crippen LogP contribution in [0.3, 0.4) is 0 Å². The first-order valence-electron chi connectivity index (χ1n) is 16.2. The molecule has 8 atom stereocenters. The molecular weight excluding hydrogens is 526 g/mol. The standard InChI is InChI=1S/C36H45NO5/c1-33-17-15-26(42-22-8-21-37-31(38)27-11-6-7-12-28(27)32(37)39)23-25(33)13-14-30-29(33)16-18-34(2)35(40,19-20-36(30,34)41)24-9-4-3-5-10-24/h3-7,9-12,25-26,29-30,40-41H,8,13-23H2,1-2H3/t25?,26?,29-,30-,33+,34-,35?,36-/m1/s1. The molecule has 0 radical (unpaired) electrons. The lowest BCUT2D eigenvalue weighted by atomic mass is 9.43. The highest BCUT2D eigenvalue weighted by molar-refractivity contribution is 6.21. The van der Waals surface area contributed by atoms with Crippen molar-refractivity contribution in [1.82, 2.24) is 4.90 Å². The second kappa shape index (κ2) is 10.0. The minimum Gasteiger partial charge on any atom is -0.389 e. The molecule has 6 nitrogen and oxygen atoms in total. The first kappa shape index (κ1) is 28.2. The average Bonchev–Trinajstić information content (AvgIpc) is 3.38. The molecule has 0 saturated heterocycles. The van der Waals surface area contributed by atoms with E-state index >= 15 is 0 Å².